The molecule has 1 unspecified atom stereocenters. The molecular formula is C41H72O. The third kappa shape index (κ3) is 26.1. The second kappa shape index (κ2) is 24.8. The molecule has 0 saturated heterocycles. The molecule has 242 valence electrons. The van der Waals surface area contributed by atoms with Gasteiger partial charge in [-0.05, 0) is 158 Å². The smallest absolute Gasteiger partial charge is 0.0622 e. The van der Waals surface area contributed by atoms with Crippen molar-refractivity contribution in [1.82, 2.24) is 0 Å². The summed E-state index contributed by atoms with van der Waals surface area (Å²) in [6.45, 7) is 22.7. The largest absolute Gasteiger partial charge is 0.379 e. The van der Waals surface area contributed by atoms with E-state index in [1.54, 1.807) is 16.7 Å². The van der Waals surface area contributed by atoms with Crippen LogP contribution < -0.4 is 0 Å². The van der Waals surface area contributed by atoms with E-state index in [1.165, 1.54) is 113 Å². The van der Waals surface area contributed by atoms with Crippen molar-refractivity contribution in [3.63, 3.8) is 0 Å². The monoisotopic (exact) mass is 581 g/mol. The first-order chi connectivity index (χ1) is 19.8. The lowest BCUT2D eigenvalue weighted by Gasteiger charge is -2.23. The van der Waals surface area contributed by atoms with E-state index in [9.17, 15) is 0 Å². The van der Waals surface area contributed by atoms with Crippen LogP contribution in [0.2, 0.25) is 0 Å². The van der Waals surface area contributed by atoms with Gasteiger partial charge in [-0.2, -0.15) is 0 Å². The van der Waals surface area contributed by atoms with Crippen LogP contribution in [0.5, 0.6) is 0 Å². The summed E-state index contributed by atoms with van der Waals surface area (Å²) in [7, 11) is 1.82. The average molecular weight is 581 g/mol. The molecule has 0 rings (SSSR count). The first kappa shape index (κ1) is 40.4. The van der Waals surface area contributed by atoms with E-state index < -0.39 is 0 Å². The number of rotatable bonds is 24. The van der Waals surface area contributed by atoms with Crippen molar-refractivity contribution in [2.75, 3.05) is 7.11 Å². The fourth-order valence-corrected chi connectivity index (χ4v) is 5.20. The lowest BCUT2D eigenvalue weighted by Crippen LogP contribution is -2.22. The van der Waals surface area contributed by atoms with Crippen molar-refractivity contribution in [1.29, 1.82) is 0 Å². The summed E-state index contributed by atoms with van der Waals surface area (Å²) in [5.41, 5.74) is 9.17. The molecule has 1 atom stereocenters. The summed E-state index contributed by atoms with van der Waals surface area (Å²) >= 11 is 0. The zero-order valence-corrected chi connectivity index (χ0v) is 30.3. The van der Waals surface area contributed by atoms with Crippen LogP contribution >= 0.6 is 0 Å². The van der Waals surface area contributed by atoms with Crippen LogP contribution in [-0.4, -0.2) is 12.7 Å². The van der Waals surface area contributed by atoms with E-state index in [1.807, 2.05) is 7.11 Å². The maximum Gasteiger partial charge on any atom is 0.0622 e. The van der Waals surface area contributed by atoms with Crippen molar-refractivity contribution in [2.24, 2.45) is 5.92 Å². The summed E-state index contributed by atoms with van der Waals surface area (Å²) in [4.78, 5) is 0. The van der Waals surface area contributed by atoms with Gasteiger partial charge < -0.3 is 4.74 Å². The molecule has 0 aliphatic heterocycles. The standard InChI is InChI=1S/C41H72O/c1-34(2)20-14-23-37(5)26-17-29-38(6)27-15-24-35(3)21-12-13-22-36(4)25-16-28-39(7)30-18-31-40(8)32-19-33-41(9,10)42-11/h20-21,25-27,30,40H,12-19,22-24,28-29,31-33H2,1-11H3/b35-21+,36-25+,37-26-,38-27+,39-30+. The summed E-state index contributed by atoms with van der Waals surface area (Å²) in [6, 6.07) is 0. The normalized spacial score (nSPS) is 14.9. The molecule has 0 spiro atoms. The Kier molecular flexibility index (Phi) is 23.9. The Hall–Kier alpha value is -1.60. The maximum absolute atomic E-state index is 5.55. The van der Waals surface area contributed by atoms with Crippen LogP contribution in [0.1, 0.15) is 172 Å². The summed E-state index contributed by atoms with van der Waals surface area (Å²) in [6.07, 6.45) is 34.1. The number of hydrogen-bond donors (Lipinski definition) is 0. The van der Waals surface area contributed by atoms with E-state index in [-0.39, 0.29) is 5.60 Å². The maximum atomic E-state index is 5.55. The molecule has 0 aliphatic rings. The Labute approximate surface area is 264 Å². The minimum atomic E-state index is 0.0247. The second-order valence-electron chi connectivity index (χ2n) is 14.1. The minimum absolute atomic E-state index is 0.0247. The van der Waals surface area contributed by atoms with Crippen molar-refractivity contribution in [3.05, 3.63) is 69.9 Å². The number of ether oxygens (including phenoxy) is 1. The highest BCUT2D eigenvalue weighted by atomic mass is 16.5. The highest BCUT2D eigenvalue weighted by Crippen LogP contribution is 2.22. The molecule has 0 bridgehead atoms. The van der Waals surface area contributed by atoms with Crippen LogP contribution in [0.4, 0.5) is 0 Å². The SMILES string of the molecule is COC(C)(C)CCCC(C)CC/C=C(\C)CC/C=C(\C)CCC/C=C(\C)CC/C=C(\C)CC/C=C(/C)CCC=C(C)C. The predicted molar refractivity (Wildman–Crippen MR) is 192 cm³/mol. The number of methoxy groups -OCH3 is 1. The van der Waals surface area contributed by atoms with E-state index in [0.717, 1.165) is 12.3 Å². The first-order valence-corrected chi connectivity index (χ1v) is 17.3. The molecule has 0 N–H and O–H groups in total. The Morgan fingerprint density at radius 3 is 1.38 bits per heavy atom. The topological polar surface area (TPSA) is 9.23 Å². The highest BCUT2D eigenvalue weighted by Gasteiger charge is 2.15. The summed E-state index contributed by atoms with van der Waals surface area (Å²) in [5, 5.41) is 0. The Morgan fingerprint density at radius 2 is 0.929 bits per heavy atom. The van der Waals surface area contributed by atoms with E-state index in [4.69, 9.17) is 4.74 Å². The minimum Gasteiger partial charge on any atom is -0.379 e. The van der Waals surface area contributed by atoms with Gasteiger partial charge in [0.25, 0.3) is 0 Å². The van der Waals surface area contributed by atoms with Gasteiger partial charge in [-0.3, -0.25) is 0 Å². The van der Waals surface area contributed by atoms with Crippen LogP contribution in [0.25, 0.3) is 0 Å². The van der Waals surface area contributed by atoms with Gasteiger partial charge in [0.1, 0.15) is 0 Å². The quantitative estimate of drug-likeness (QED) is 0.0815. The second-order valence-corrected chi connectivity index (χ2v) is 14.1. The van der Waals surface area contributed by atoms with E-state index >= 15 is 0 Å². The number of unbranched alkanes of at least 4 members (excludes halogenated alkanes) is 1. The van der Waals surface area contributed by atoms with Crippen molar-refractivity contribution in [2.45, 2.75) is 178 Å². The van der Waals surface area contributed by atoms with Gasteiger partial charge >= 0.3 is 0 Å². The van der Waals surface area contributed by atoms with Crippen LogP contribution in [0, 0.1) is 5.92 Å². The van der Waals surface area contributed by atoms with Gasteiger partial charge in [-0.1, -0.05) is 89.7 Å². The number of allylic oxidation sites excluding steroid dienone is 12. The molecule has 0 aliphatic carbocycles. The predicted octanol–water partition coefficient (Wildman–Crippen LogP) is 14.0. The molecule has 1 nitrogen and oxygen atoms in total. The fourth-order valence-electron chi connectivity index (χ4n) is 5.20. The van der Waals surface area contributed by atoms with Crippen LogP contribution in [-0.2, 0) is 4.74 Å². The molecule has 0 radical (unpaired) electrons. The molecule has 0 aromatic carbocycles. The van der Waals surface area contributed by atoms with Gasteiger partial charge in [-0.15, -0.1) is 0 Å². The molecule has 0 amide bonds. The lowest BCUT2D eigenvalue weighted by molar-refractivity contribution is 0.0127. The average Bonchev–Trinajstić information content (AvgIpc) is 2.91. The van der Waals surface area contributed by atoms with E-state index in [2.05, 4.69) is 106 Å². The fraction of sp³-hybridized carbons (Fsp3) is 0.707. The van der Waals surface area contributed by atoms with Gasteiger partial charge in [0.15, 0.2) is 0 Å². The Bertz CT molecular complexity index is 882. The Morgan fingerprint density at radius 1 is 0.524 bits per heavy atom. The van der Waals surface area contributed by atoms with Gasteiger partial charge in [0, 0.05) is 7.11 Å². The first-order valence-electron chi connectivity index (χ1n) is 17.3. The summed E-state index contributed by atoms with van der Waals surface area (Å²) in [5.74, 6) is 0.798. The zero-order valence-electron chi connectivity index (χ0n) is 30.3. The van der Waals surface area contributed by atoms with Crippen molar-refractivity contribution >= 4 is 0 Å². The molecule has 0 aromatic rings. The molecular weight excluding hydrogens is 508 g/mol. The Balaban J connectivity index is 4.08. The molecule has 0 aromatic heterocycles. The molecule has 0 fully saturated rings. The third-order valence-corrected chi connectivity index (χ3v) is 8.63. The zero-order chi connectivity index (χ0) is 31.8. The van der Waals surface area contributed by atoms with Crippen LogP contribution in [0.15, 0.2) is 69.9 Å². The molecule has 1 heteroatoms. The van der Waals surface area contributed by atoms with Gasteiger partial charge in [-0.25, -0.2) is 0 Å². The molecule has 42 heavy (non-hydrogen) atoms. The van der Waals surface area contributed by atoms with Crippen molar-refractivity contribution in [3.8, 4) is 0 Å². The third-order valence-electron chi connectivity index (χ3n) is 8.63. The molecule has 0 heterocycles. The van der Waals surface area contributed by atoms with E-state index in [0.29, 0.717) is 0 Å². The van der Waals surface area contributed by atoms with Crippen LogP contribution in [0.3, 0.4) is 0 Å². The highest BCUT2D eigenvalue weighted by molar-refractivity contribution is 5.08. The lowest BCUT2D eigenvalue weighted by atomic mass is 9.93. The van der Waals surface area contributed by atoms with Gasteiger partial charge in [0.2, 0.25) is 0 Å². The molecule has 0 saturated carbocycles. The summed E-state index contributed by atoms with van der Waals surface area (Å²) < 4.78 is 5.55. The van der Waals surface area contributed by atoms with Gasteiger partial charge in [0.05, 0.1) is 5.60 Å². The number of hydrogen-bond acceptors (Lipinski definition) is 1. The van der Waals surface area contributed by atoms with Crippen molar-refractivity contribution < 1.29 is 4.74 Å².